The van der Waals surface area contributed by atoms with Gasteiger partial charge in [-0.05, 0) is 49.9 Å². The second-order valence-corrected chi connectivity index (χ2v) is 8.43. The van der Waals surface area contributed by atoms with Crippen LogP contribution in [0.2, 0.25) is 0 Å². The third-order valence-corrected chi connectivity index (χ3v) is 6.09. The third-order valence-electron chi connectivity index (χ3n) is 4.68. The van der Waals surface area contributed by atoms with Crippen molar-refractivity contribution in [3.05, 3.63) is 23.3 Å². The minimum atomic E-state index is -3.56. The Kier molecular flexibility index (Phi) is 5.15. The molecule has 1 saturated heterocycles. The Hall–Kier alpha value is -1.15. The van der Waals surface area contributed by atoms with Crippen LogP contribution in [-0.4, -0.2) is 58.8 Å². The molecule has 134 valence electrons. The van der Waals surface area contributed by atoms with Gasteiger partial charge in [-0.15, -0.1) is 0 Å². The first-order valence-corrected chi connectivity index (χ1v) is 9.89. The van der Waals surface area contributed by atoms with Gasteiger partial charge in [-0.1, -0.05) is 0 Å². The summed E-state index contributed by atoms with van der Waals surface area (Å²) in [6, 6.07) is 3.97. The Bertz CT molecular complexity index is 678. The molecule has 6 nitrogen and oxygen atoms in total. The van der Waals surface area contributed by atoms with Gasteiger partial charge in [-0.3, -0.25) is 4.90 Å². The zero-order valence-corrected chi connectivity index (χ0v) is 15.4. The number of ether oxygens (including phenoxy) is 2. The molecule has 7 heteroatoms. The van der Waals surface area contributed by atoms with Crippen molar-refractivity contribution in [1.29, 1.82) is 0 Å². The second kappa shape index (κ2) is 7.00. The van der Waals surface area contributed by atoms with Crippen molar-refractivity contribution in [2.75, 3.05) is 33.4 Å². The molecular formula is C17H26N2O4S. The summed E-state index contributed by atoms with van der Waals surface area (Å²) in [6.45, 7) is 6.42. The number of benzene rings is 1. The molecule has 1 aromatic rings. The molecule has 1 saturated carbocycles. The van der Waals surface area contributed by atoms with Gasteiger partial charge in [0.15, 0.2) is 0 Å². The molecule has 0 aromatic heterocycles. The van der Waals surface area contributed by atoms with E-state index in [1.807, 2.05) is 13.8 Å². The maximum atomic E-state index is 12.6. The zero-order valence-electron chi connectivity index (χ0n) is 14.5. The number of morpholine rings is 1. The van der Waals surface area contributed by atoms with Gasteiger partial charge in [-0.2, -0.15) is 0 Å². The first-order valence-electron chi connectivity index (χ1n) is 8.41. The monoisotopic (exact) mass is 354 g/mol. The molecule has 1 aliphatic heterocycles. The minimum absolute atomic E-state index is 0.0884. The van der Waals surface area contributed by atoms with E-state index in [4.69, 9.17) is 9.47 Å². The molecular weight excluding hydrogens is 328 g/mol. The highest BCUT2D eigenvalue weighted by Gasteiger charge is 2.33. The summed E-state index contributed by atoms with van der Waals surface area (Å²) in [5.74, 6) is 0.727. The third kappa shape index (κ3) is 3.91. The second-order valence-electron chi connectivity index (χ2n) is 6.66. The predicted octanol–water partition coefficient (Wildman–Crippen LogP) is 1.45. The number of rotatable bonds is 6. The average Bonchev–Trinajstić information content (AvgIpc) is 3.38. The predicted molar refractivity (Wildman–Crippen MR) is 92.0 cm³/mol. The van der Waals surface area contributed by atoms with Gasteiger partial charge in [0.2, 0.25) is 10.0 Å². The number of sulfonamides is 1. The highest BCUT2D eigenvalue weighted by Crippen LogP contribution is 2.28. The van der Waals surface area contributed by atoms with Gasteiger partial charge in [0.1, 0.15) is 5.75 Å². The molecule has 0 amide bonds. The Morgan fingerprint density at radius 3 is 2.54 bits per heavy atom. The SMILES string of the molecule is COc1c(C)cc(S(=O)(=O)NC[C@H]2CN(C3CC3)CCO2)cc1C. The molecule has 0 bridgehead atoms. The topological polar surface area (TPSA) is 67.9 Å². The van der Waals surface area contributed by atoms with Gasteiger partial charge in [0, 0.05) is 25.7 Å². The number of nitrogens with one attached hydrogen (secondary N) is 1. The Labute approximate surface area is 144 Å². The Morgan fingerprint density at radius 2 is 1.96 bits per heavy atom. The van der Waals surface area contributed by atoms with E-state index in [2.05, 4.69) is 9.62 Å². The number of hydrogen-bond donors (Lipinski definition) is 1. The number of hydrogen-bond acceptors (Lipinski definition) is 5. The average molecular weight is 354 g/mol. The number of aryl methyl sites for hydroxylation is 2. The van der Waals surface area contributed by atoms with E-state index in [1.165, 1.54) is 12.8 Å². The lowest BCUT2D eigenvalue weighted by Crippen LogP contribution is -2.48. The van der Waals surface area contributed by atoms with Crippen molar-refractivity contribution in [3.8, 4) is 5.75 Å². The summed E-state index contributed by atoms with van der Waals surface area (Å²) in [7, 11) is -1.96. The van der Waals surface area contributed by atoms with Crippen LogP contribution in [0.3, 0.4) is 0 Å². The number of methoxy groups -OCH3 is 1. The quantitative estimate of drug-likeness (QED) is 0.838. The van der Waals surface area contributed by atoms with Crippen LogP contribution in [0.5, 0.6) is 5.75 Å². The van der Waals surface area contributed by atoms with Gasteiger partial charge in [0.05, 0.1) is 24.7 Å². The fraction of sp³-hybridized carbons (Fsp3) is 0.647. The Balaban J connectivity index is 1.65. The fourth-order valence-corrected chi connectivity index (χ4v) is 4.55. The maximum Gasteiger partial charge on any atom is 0.240 e. The Morgan fingerprint density at radius 1 is 1.29 bits per heavy atom. The lowest BCUT2D eigenvalue weighted by Gasteiger charge is -2.33. The lowest BCUT2D eigenvalue weighted by atomic mass is 10.1. The molecule has 1 aromatic carbocycles. The van der Waals surface area contributed by atoms with Crippen LogP contribution < -0.4 is 9.46 Å². The summed E-state index contributed by atoms with van der Waals surface area (Å²) >= 11 is 0. The highest BCUT2D eigenvalue weighted by molar-refractivity contribution is 7.89. The van der Waals surface area contributed by atoms with E-state index in [0.29, 0.717) is 19.2 Å². The normalized spacial score (nSPS) is 22.5. The van der Waals surface area contributed by atoms with Crippen molar-refractivity contribution < 1.29 is 17.9 Å². The van der Waals surface area contributed by atoms with E-state index >= 15 is 0 Å². The van der Waals surface area contributed by atoms with Gasteiger partial charge < -0.3 is 9.47 Å². The molecule has 0 radical (unpaired) electrons. The summed E-state index contributed by atoms with van der Waals surface area (Å²) in [5, 5.41) is 0. The molecule has 1 atom stereocenters. The minimum Gasteiger partial charge on any atom is -0.496 e. The van der Waals surface area contributed by atoms with E-state index < -0.39 is 10.0 Å². The van der Waals surface area contributed by atoms with Crippen LogP contribution in [0.4, 0.5) is 0 Å². The van der Waals surface area contributed by atoms with Crippen molar-refractivity contribution in [2.45, 2.75) is 43.7 Å². The highest BCUT2D eigenvalue weighted by atomic mass is 32.2. The molecule has 1 aliphatic carbocycles. The smallest absolute Gasteiger partial charge is 0.240 e. The summed E-state index contributed by atoms with van der Waals surface area (Å²) in [6.07, 6.45) is 2.42. The van der Waals surface area contributed by atoms with Gasteiger partial charge in [-0.25, -0.2) is 13.1 Å². The molecule has 2 aliphatic rings. The van der Waals surface area contributed by atoms with E-state index in [9.17, 15) is 8.42 Å². The van der Waals surface area contributed by atoms with Crippen LogP contribution in [0.25, 0.3) is 0 Å². The van der Waals surface area contributed by atoms with Crippen LogP contribution in [-0.2, 0) is 14.8 Å². The van der Waals surface area contributed by atoms with E-state index in [0.717, 1.165) is 30.0 Å². The fourth-order valence-electron chi connectivity index (χ4n) is 3.31. The first-order chi connectivity index (χ1) is 11.4. The number of nitrogens with zero attached hydrogens (tertiary/aromatic N) is 1. The van der Waals surface area contributed by atoms with Crippen LogP contribution in [0.15, 0.2) is 17.0 Å². The standard InChI is InChI=1S/C17H26N2O4S/c1-12-8-16(9-13(2)17(12)22-3)24(20,21)18-10-15-11-19(6-7-23-15)14-4-5-14/h8-9,14-15,18H,4-7,10-11H2,1-3H3/t15-/m0/s1. The van der Waals surface area contributed by atoms with Crippen molar-refractivity contribution in [2.24, 2.45) is 0 Å². The van der Waals surface area contributed by atoms with Gasteiger partial charge >= 0.3 is 0 Å². The van der Waals surface area contributed by atoms with Gasteiger partial charge in [0.25, 0.3) is 0 Å². The summed E-state index contributed by atoms with van der Waals surface area (Å²) in [4.78, 5) is 2.68. The zero-order chi connectivity index (χ0) is 17.3. The molecule has 0 unspecified atom stereocenters. The van der Waals surface area contributed by atoms with Crippen LogP contribution >= 0.6 is 0 Å². The van der Waals surface area contributed by atoms with Crippen molar-refractivity contribution in [1.82, 2.24) is 9.62 Å². The molecule has 2 fully saturated rings. The van der Waals surface area contributed by atoms with Crippen molar-refractivity contribution in [3.63, 3.8) is 0 Å². The molecule has 3 rings (SSSR count). The summed E-state index contributed by atoms with van der Waals surface area (Å²) in [5.41, 5.74) is 1.62. The lowest BCUT2D eigenvalue weighted by molar-refractivity contribution is -0.0277. The molecule has 1 heterocycles. The molecule has 24 heavy (non-hydrogen) atoms. The largest absolute Gasteiger partial charge is 0.496 e. The van der Waals surface area contributed by atoms with Crippen molar-refractivity contribution >= 4 is 10.0 Å². The molecule has 0 spiro atoms. The van der Waals surface area contributed by atoms with Crippen LogP contribution in [0, 0.1) is 13.8 Å². The maximum absolute atomic E-state index is 12.6. The first kappa shape index (κ1) is 17.7. The van der Waals surface area contributed by atoms with Crippen LogP contribution in [0.1, 0.15) is 24.0 Å². The van der Waals surface area contributed by atoms with E-state index in [1.54, 1.807) is 19.2 Å². The summed E-state index contributed by atoms with van der Waals surface area (Å²) < 4.78 is 38.9. The van der Waals surface area contributed by atoms with E-state index in [-0.39, 0.29) is 11.0 Å². The molecule has 1 N–H and O–H groups in total.